The highest BCUT2D eigenvalue weighted by Crippen LogP contribution is 2.44. The second-order valence-electron chi connectivity index (χ2n) is 5.44. The van der Waals surface area contributed by atoms with E-state index >= 15 is 0 Å². The van der Waals surface area contributed by atoms with E-state index in [1.54, 1.807) is 39.0 Å². The number of fused-ring (bicyclic) bond motifs is 1. The Kier molecular flexibility index (Phi) is 4.51. The molecule has 0 aliphatic carbocycles. The molecule has 0 bridgehead atoms. The molecule has 22 heavy (non-hydrogen) atoms. The average Bonchev–Trinajstić information content (AvgIpc) is 2.76. The number of Topliss-reactive ketones (excluding diaryl/α,β-unsaturated/α-hetero) is 1. The number of ketones is 1. The number of halogens is 1. The first-order valence-corrected chi connectivity index (χ1v) is 7.37. The summed E-state index contributed by atoms with van der Waals surface area (Å²) in [4.78, 5) is 23.5. The number of alkyl halides is 1. The van der Waals surface area contributed by atoms with Crippen molar-refractivity contribution in [2.45, 2.75) is 44.4 Å². The zero-order valence-electron chi connectivity index (χ0n) is 12.6. The van der Waals surface area contributed by atoms with E-state index in [0.717, 1.165) is 0 Å². The topological polar surface area (TPSA) is 84.9 Å². The average molecular weight is 328 g/mol. The third-order valence-corrected chi connectivity index (χ3v) is 3.77. The first kappa shape index (κ1) is 16.4. The molecule has 0 aromatic heterocycles. The fraction of sp³-hybridized carbons (Fsp3) is 0.467. The van der Waals surface area contributed by atoms with Gasteiger partial charge in [0.25, 0.3) is 0 Å². The maximum Gasteiger partial charge on any atom is 0.405 e. The summed E-state index contributed by atoms with van der Waals surface area (Å²) in [6.07, 6.45) is -0.912. The molecule has 2 unspecified atom stereocenters. The SMILES string of the molecule is CCC(Cl)C(=O)C(NC(=O)O)c1cccc2c1OC(C)(C)O2. The number of carbonyl (C=O) groups is 2. The number of hydrogen-bond donors (Lipinski definition) is 2. The van der Waals surface area contributed by atoms with Crippen LogP contribution in [0.5, 0.6) is 11.5 Å². The summed E-state index contributed by atoms with van der Waals surface area (Å²) < 4.78 is 11.3. The van der Waals surface area contributed by atoms with Crippen molar-refractivity contribution in [2.24, 2.45) is 0 Å². The van der Waals surface area contributed by atoms with Crippen LogP contribution in [0, 0.1) is 0 Å². The summed E-state index contributed by atoms with van der Waals surface area (Å²) in [5.74, 6) is -0.469. The van der Waals surface area contributed by atoms with Crippen LogP contribution in [-0.4, -0.2) is 28.1 Å². The maximum atomic E-state index is 12.4. The third kappa shape index (κ3) is 3.27. The van der Waals surface area contributed by atoms with E-state index in [9.17, 15) is 9.59 Å². The van der Waals surface area contributed by atoms with Crippen LogP contribution in [0.4, 0.5) is 4.79 Å². The normalized spacial score (nSPS) is 17.6. The van der Waals surface area contributed by atoms with Gasteiger partial charge in [-0.25, -0.2) is 4.79 Å². The van der Waals surface area contributed by atoms with Crippen molar-refractivity contribution >= 4 is 23.5 Å². The first-order valence-electron chi connectivity index (χ1n) is 6.93. The van der Waals surface area contributed by atoms with Crippen LogP contribution in [0.3, 0.4) is 0 Å². The molecule has 0 fully saturated rings. The molecule has 120 valence electrons. The van der Waals surface area contributed by atoms with Crippen LogP contribution >= 0.6 is 11.6 Å². The number of amides is 1. The molecular weight excluding hydrogens is 310 g/mol. The fourth-order valence-corrected chi connectivity index (χ4v) is 2.41. The number of rotatable bonds is 5. The minimum Gasteiger partial charge on any atom is -0.465 e. The van der Waals surface area contributed by atoms with E-state index in [2.05, 4.69) is 5.32 Å². The van der Waals surface area contributed by atoms with E-state index < -0.39 is 29.1 Å². The monoisotopic (exact) mass is 327 g/mol. The lowest BCUT2D eigenvalue weighted by Crippen LogP contribution is -2.37. The van der Waals surface area contributed by atoms with E-state index in [-0.39, 0.29) is 0 Å². The maximum absolute atomic E-state index is 12.4. The molecule has 2 atom stereocenters. The molecule has 0 saturated carbocycles. The summed E-state index contributed by atoms with van der Waals surface area (Å²) in [5.41, 5.74) is 0.398. The van der Waals surface area contributed by atoms with E-state index in [4.69, 9.17) is 26.2 Å². The van der Waals surface area contributed by atoms with Crippen molar-refractivity contribution < 1.29 is 24.2 Å². The second-order valence-corrected chi connectivity index (χ2v) is 5.97. The molecule has 1 aliphatic heterocycles. The molecule has 0 saturated heterocycles. The number of para-hydroxylation sites is 1. The molecule has 2 N–H and O–H groups in total. The number of ether oxygens (including phenoxy) is 2. The van der Waals surface area contributed by atoms with Crippen LogP contribution in [0.15, 0.2) is 18.2 Å². The number of nitrogens with one attached hydrogen (secondary N) is 1. The van der Waals surface area contributed by atoms with Crippen LogP contribution in [0.2, 0.25) is 0 Å². The van der Waals surface area contributed by atoms with Crippen molar-refractivity contribution in [3.05, 3.63) is 23.8 Å². The molecule has 1 heterocycles. The summed E-state index contributed by atoms with van der Waals surface area (Å²) >= 11 is 6.00. The van der Waals surface area contributed by atoms with Crippen molar-refractivity contribution in [2.75, 3.05) is 0 Å². The van der Waals surface area contributed by atoms with Gasteiger partial charge >= 0.3 is 6.09 Å². The first-order chi connectivity index (χ1) is 10.2. The van der Waals surface area contributed by atoms with Crippen LogP contribution < -0.4 is 14.8 Å². The van der Waals surface area contributed by atoms with E-state index in [1.165, 1.54) is 0 Å². The lowest BCUT2D eigenvalue weighted by atomic mass is 9.98. The van der Waals surface area contributed by atoms with Crippen LogP contribution in [-0.2, 0) is 4.79 Å². The predicted octanol–water partition coefficient (Wildman–Crippen LogP) is 3.09. The summed E-state index contributed by atoms with van der Waals surface area (Å²) in [6.45, 7) is 5.22. The quantitative estimate of drug-likeness (QED) is 0.812. The molecule has 1 aliphatic rings. The van der Waals surface area contributed by atoms with Gasteiger partial charge in [-0.3, -0.25) is 4.79 Å². The number of benzene rings is 1. The van der Waals surface area contributed by atoms with Crippen LogP contribution in [0.1, 0.15) is 38.8 Å². The van der Waals surface area contributed by atoms with Crippen molar-refractivity contribution in [1.29, 1.82) is 0 Å². The van der Waals surface area contributed by atoms with Gasteiger partial charge in [0, 0.05) is 19.4 Å². The lowest BCUT2D eigenvalue weighted by Gasteiger charge is -2.21. The Labute approximate surface area is 133 Å². The zero-order valence-corrected chi connectivity index (χ0v) is 13.3. The molecule has 1 aromatic carbocycles. The second kappa shape index (κ2) is 6.04. The number of carboxylic acid groups (broad SMARTS) is 1. The van der Waals surface area contributed by atoms with Gasteiger partial charge in [-0.15, -0.1) is 11.6 Å². The Bertz CT molecular complexity index is 602. The van der Waals surface area contributed by atoms with Gasteiger partial charge in [-0.1, -0.05) is 19.1 Å². The number of hydrogen-bond acceptors (Lipinski definition) is 4. The Balaban J connectivity index is 2.44. The molecule has 1 amide bonds. The number of carbonyl (C=O) groups excluding carboxylic acids is 1. The minimum absolute atomic E-state index is 0.361. The van der Waals surface area contributed by atoms with Gasteiger partial charge in [0.2, 0.25) is 5.79 Å². The van der Waals surface area contributed by atoms with Gasteiger partial charge < -0.3 is 19.9 Å². The molecule has 0 spiro atoms. The van der Waals surface area contributed by atoms with Gasteiger partial charge in [-0.2, -0.15) is 0 Å². The Morgan fingerprint density at radius 2 is 2.05 bits per heavy atom. The third-order valence-electron chi connectivity index (χ3n) is 3.24. The van der Waals surface area contributed by atoms with E-state index in [1.807, 2.05) is 0 Å². The van der Waals surface area contributed by atoms with Crippen molar-refractivity contribution in [1.82, 2.24) is 5.32 Å². The Hall–Kier alpha value is -1.95. The molecule has 7 heteroatoms. The Morgan fingerprint density at radius 1 is 1.36 bits per heavy atom. The van der Waals surface area contributed by atoms with Gasteiger partial charge in [-0.05, 0) is 12.5 Å². The van der Waals surface area contributed by atoms with Crippen molar-refractivity contribution in [3.63, 3.8) is 0 Å². The zero-order chi connectivity index (χ0) is 16.5. The molecule has 2 rings (SSSR count). The summed E-state index contributed by atoms with van der Waals surface area (Å²) in [6, 6.07) is 3.90. The molecular formula is C15H18ClNO5. The lowest BCUT2D eigenvalue weighted by molar-refractivity contribution is -0.120. The molecule has 0 radical (unpaired) electrons. The summed E-state index contributed by atoms with van der Waals surface area (Å²) in [5, 5.41) is 10.4. The highest BCUT2D eigenvalue weighted by atomic mass is 35.5. The molecule has 1 aromatic rings. The Morgan fingerprint density at radius 3 is 2.64 bits per heavy atom. The highest BCUT2D eigenvalue weighted by Gasteiger charge is 2.38. The van der Waals surface area contributed by atoms with Crippen LogP contribution in [0.25, 0.3) is 0 Å². The van der Waals surface area contributed by atoms with E-state index in [0.29, 0.717) is 23.5 Å². The summed E-state index contributed by atoms with van der Waals surface area (Å²) in [7, 11) is 0. The van der Waals surface area contributed by atoms with Gasteiger partial charge in [0.1, 0.15) is 6.04 Å². The standard InChI is InChI=1S/C15H18ClNO5/c1-4-9(16)12(18)11(17-14(19)20)8-6-5-7-10-13(8)22-15(2,3)21-10/h5-7,9,11,17H,4H2,1-3H3,(H,19,20). The van der Waals surface area contributed by atoms with Crippen molar-refractivity contribution in [3.8, 4) is 11.5 Å². The predicted molar refractivity (Wildman–Crippen MR) is 80.6 cm³/mol. The highest BCUT2D eigenvalue weighted by molar-refractivity contribution is 6.32. The fourth-order valence-electron chi connectivity index (χ4n) is 2.29. The molecule has 6 nitrogen and oxygen atoms in total. The van der Waals surface area contributed by atoms with Gasteiger partial charge in [0.15, 0.2) is 17.3 Å². The van der Waals surface area contributed by atoms with Gasteiger partial charge in [0.05, 0.1) is 5.38 Å². The largest absolute Gasteiger partial charge is 0.465 e. The minimum atomic E-state index is -1.31. The smallest absolute Gasteiger partial charge is 0.405 e.